The third kappa shape index (κ3) is 4.01. The van der Waals surface area contributed by atoms with Gasteiger partial charge in [0.25, 0.3) is 5.91 Å². The molecular formula is C22H22N2O4. The highest BCUT2D eigenvalue weighted by Gasteiger charge is 2.23. The summed E-state index contributed by atoms with van der Waals surface area (Å²) in [6, 6.07) is 12.9. The quantitative estimate of drug-likeness (QED) is 0.645. The van der Waals surface area contributed by atoms with Crippen LogP contribution in [-0.4, -0.2) is 28.4 Å². The molecule has 1 aromatic carbocycles. The van der Waals surface area contributed by atoms with Gasteiger partial charge in [0.2, 0.25) is 0 Å². The van der Waals surface area contributed by atoms with Crippen molar-refractivity contribution >= 4 is 22.8 Å². The number of rotatable bonds is 6. The molecule has 28 heavy (non-hydrogen) atoms. The molecule has 3 aromatic rings. The number of carbonyl (C=O) groups excluding carboxylic acids is 2. The lowest BCUT2D eigenvalue weighted by Crippen LogP contribution is -2.34. The van der Waals surface area contributed by atoms with Crippen molar-refractivity contribution in [2.24, 2.45) is 0 Å². The fraction of sp³-hybridized carbons (Fsp3) is 0.273. The van der Waals surface area contributed by atoms with Crippen LogP contribution < -0.4 is 0 Å². The number of esters is 1. The molecule has 0 saturated heterocycles. The molecule has 4 rings (SSSR count). The molecule has 0 saturated carbocycles. The number of allylic oxidation sites excluding steroid dienone is 2. The summed E-state index contributed by atoms with van der Waals surface area (Å²) in [7, 11) is 0. The fourth-order valence-electron chi connectivity index (χ4n) is 3.44. The Kier molecular flexibility index (Phi) is 5.28. The van der Waals surface area contributed by atoms with E-state index in [1.165, 1.54) is 0 Å². The predicted octanol–water partition coefficient (Wildman–Crippen LogP) is 4.40. The van der Waals surface area contributed by atoms with E-state index in [9.17, 15) is 9.59 Å². The van der Waals surface area contributed by atoms with Gasteiger partial charge in [-0.25, -0.2) is 4.79 Å². The number of carbonyl (C=O) groups is 2. The van der Waals surface area contributed by atoms with Crippen LogP contribution in [0.3, 0.4) is 0 Å². The summed E-state index contributed by atoms with van der Waals surface area (Å²) in [5.74, 6) is -0.101. The van der Waals surface area contributed by atoms with Crippen molar-refractivity contribution in [2.75, 3.05) is 6.61 Å². The number of aromatic amines is 1. The summed E-state index contributed by atoms with van der Waals surface area (Å²) >= 11 is 0. The van der Waals surface area contributed by atoms with Gasteiger partial charge < -0.3 is 19.0 Å². The molecular weight excluding hydrogens is 356 g/mol. The second-order valence-corrected chi connectivity index (χ2v) is 6.85. The molecule has 1 aliphatic carbocycles. The standard InChI is InChI=1S/C22H22N2O4/c25-21(15-28-22(26)20-13-16-7-4-5-11-19(16)23-20)24(14-18-10-6-12-27-18)17-8-2-1-3-9-17/h4-8,10-13,23H,1-3,9,14-15H2. The van der Waals surface area contributed by atoms with Gasteiger partial charge in [-0.15, -0.1) is 0 Å². The number of nitrogens with one attached hydrogen (secondary N) is 1. The largest absolute Gasteiger partial charge is 0.467 e. The van der Waals surface area contributed by atoms with Crippen LogP contribution >= 0.6 is 0 Å². The molecule has 2 aromatic heterocycles. The molecule has 0 fully saturated rings. The third-order valence-electron chi connectivity index (χ3n) is 4.89. The van der Waals surface area contributed by atoms with Crippen molar-refractivity contribution < 1.29 is 18.7 Å². The smallest absolute Gasteiger partial charge is 0.355 e. The molecule has 0 atom stereocenters. The van der Waals surface area contributed by atoms with Gasteiger partial charge in [-0.2, -0.15) is 0 Å². The van der Waals surface area contributed by atoms with Crippen LogP contribution in [0.25, 0.3) is 10.9 Å². The Morgan fingerprint density at radius 1 is 1.14 bits per heavy atom. The highest BCUT2D eigenvalue weighted by atomic mass is 16.5. The topological polar surface area (TPSA) is 75.5 Å². The zero-order valence-corrected chi connectivity index (χ0v) is 15.5. The van der Waals surface area contributed by atoms with Crippen LogP contribution in [0.5, 0.6) is 0 Å². The highest BCUT2D eigenvalue weighted by Crippen LogP contribution is 2.23. The first-order valence-corrected chi connectivity index (χ1v) is 9.47. The Balaban J connectivity index is 1.44. The maximum atomic E-state index is 12.8. The van der Waals surface area contributed by atoms with Gasteiger partial charge >= 0.3 is 5.97 Å². The van der Waals surface area contributed by atoms with Crippen LogP contribution in [0.1, 0.15) is 41.9 Å². The Labute approximate surface area is 162 Å². The summed E-state index contributed by atoms with van der Waals surface area (Å²) in [6.07, 6.45) is 7.63. The molecule has 1 N–H and O–H groups in total. The maximum absolute atomic E-state index is 12.8. The third-order valence-corrected chi connectivity index (χ3v) is 4.89. The second kappa shape index (κ2) is 8.17. The average molecular weight is 378 g/mol. The van der Waals surface area contributed by atoms with E-state index in [0.717, 1.165) is 42.3 Å². The summed E-state index contributed by atoms with van der Waals surface area (Å²) in [5.41, 5.74) is 2.16. The van der Waals surface area contributed by atoms with E-state index >= 15 is 0 Å². The second-order valence-electron chi connectivity index (χ2n) is 6.85. The lowest BCUT2D eigenvalue weighted by atomic mass is 10.0. The molecule has 0 bridgehead atoms. The monoisotopic (exact) mass is 378 g/mol. The highest BCUT2D eigenvalue weighted by molar-refractivity contribution is 5.95. The van der Waals surface area contributed by atoms with Crippen molar-refractivity contribution in [1.82, 2.24) is 9.88 Å². The lowest BCUT2D eigenvalue weighted by molar-refractivity contribution is -0.133. The van der Waals surface area contributed by atoms with E-state index < -0.39 is 5.97 Å². The Hall–Kier alpha value is -3.28. The van der Waals surface area contributed by atoms with Crippen LogP contribution in [0.15, 0.2) is 64.9 Å². The Morgan fingerprint density at radius 3 is 2.79 bits per heavy atom. The first-order chi connectivity index (χ1) is 13.7. The number of para-hydroxylation sites is 1. The van der Waals surface area contributed by atoms with Gasteiger partial charge in [0.15, 0.2) is 6.61 Å². The number of hydrogen-bond donors (Lipinski definition) is 1. The maximum Gasteiger partial charge on any atom is 0.355 e. The van der Waals surface area contributed by atoms with Gasteiger partial charge in [-0.1, -0.05) is 24.3 Å². The molecule has 1 amide bonds. The number of benzene rings is 1. The van der Waals surface area contributed by atoms with Crippen molar-refractivity contribution in [3.05, 3.63) is 72.0 Å². The predicted molar refractivity (Wildman–Crippen MR) is 104 cm³/mol. The average Bonchev–Trinajstić information content (AvgIpc) is 3.40. The fourth-order valence-corrected chi connectivity index (χ4v) is 3.44. The van der Waals surface area contributed by atoms with Crippen LogP contribution in [0, 0.1) is 0 Å². The van der Waals surface area contributed by atoms with Gasteiger partial charge in [0, 0.05) is 16.6 Å². The minimum absolute atomic E-state index is 0.256. The molecule has 1 aliphatic rings. The number of hydrogen-bond acceptors (Lipinski definition) is 4. The van der Waals surface area contributed by atoms with E-state index in [4.69, 9.17) is 9.15 Å². The van der Waals surface area contributed by atoms with Gasteiger partial charge in [0.1, 0.15) is 11.5 Å². The molecule has 0 radical (unpaired) electrons. The first kappa shape index (κ1) is 18.1. The van der Waals surface area contributed by atoms with Gasteiger partial charge in [-0.3, -0.25) is 4.79 Å². The van der Waals surface area contributed by atoms with Gasteiger partial charge in [-0.05, 0) is 49.9 Å². The minimum Gasteiger partial charge on any atom is -0.467 e. The zero-order valence-electron chi connectivity index (χ0n) is 15.5. The van der Waals surface area contributed by atoms with Crippen molar-refractivity contribution in [3.8, 4) is 0 Å². The van der Waals surface area contributed by atoms with E-state index in [1.54, 1.807) is 23.3 Å². The molecule has 6 nitrogen and oxygen atoms in total. The molecule has 0 unspecified atom stereocenters. The van der Waals surface area contributed by atoms with Crippen LogP contribution in [0.4, 0.5) is 0 Å². The van der Waals surface area contributed by atoms with Crippen LogP contribution in [0.2, 0.25) is 0 Å². The van der Waals surface area contributed by atoms with Crippen LogP contribution in [-0.2, 0) is 16.1 Å². The summed E-state index contributed by atoms with van der Waals surface area (Å²) in [4.78, 5) is 29.9. The van der Waals surface area contributed by atoms with E-state index in [0.29, 0.717) is 18.0 Å². The number of nitrogens with zero attached hydrogens (tertiary/aromatic N) is 1. The minimum atomic E-state index is -0.542. The SMILES string of the molecule is O=C(OCC(=O)N(Cc1ccco1)C1=CCCCC1)c1cc2ccccc2[nH]1. The summed E-state index contributed by atoms with van der Waals surface area (Å²) in [6.45, 7) is 0.0217. The Bertz CT molecular complexity index is 968. The lowest BCUT2D eigenvalue weighted by Gasteiger charge is -2.26. The zero-order chi connectivity index (χ0) is 19.3. The van der Waals surface area contributed by atoms with E-state index in [-0.39, 0.29) is 12.5 Å². The number of amides is 1. The molecule has 0 aliphatic heterocycles. The van der Waals surface area contributed by atoms with Crippen molar-refractivity contribution in [2.45, 2.75) is 32.2 Å². The summed E-state index contributed by atoms with van der Waals surface area (Å²) in [5, 5.41) is 0.924. The number of aromatic nitrogens is 1. The number of ether oxygens (including phenoxy) is 1. The van der Waals surface area contributed by atoms with Crippen molar-refractivity contribution in [3.63, 3.8) is 0 Å². The summed E-state index contributed by atoms with van der Waals surface area (Å²) < 4.78 is 10.7. The van der Waals surface area contributed by atoms with E-state index in [2.05, 4.69) is 11.1 Å². The number of furan rings is 1. The van der Waals surface area contributed by atoms with Crippen molar-refractivity contribution in [1.29, 1.82) is 0 Å². The molecule has 0 spiro atoms. The normalized spacial score (nSPS) is 13.9. The Morgan fingerprint density at radius 2 is 2.04 bits per heavy atom. The number of H-pyrrole nitrogens is 1. The molecule has 2 heterocycles. The number of fused-ring (bicyclic) bond motifs is 1. The molecule has 144 valence electrons. The first-order valence-electron chi connectivity index (χ1n) is 9.47. The van der Waals surface area contributed by atoms with E-state index in [1.807, 2.05) is 30.3 Å². The van der Waals surface area contributed by atoms with Gasteiger partial charge in [0.05, 0.1) is 12.8 Å². The molecule has 6 heteroatoms.